The van der Waals surface area contributed by atoms with Gasteiger partial charge in [-0.3, -0.25) is 9.79 Å². The lowest BCUT2D eigenvalue weighted by Crippen LogP contribution is -2.51. The SMILES string of the molecule is COC(=O)c1ccc([C@@H](CCO)N2C(=O)C(c3cc(F)cc(F)c3)=NC23CCC(C(C)(C)C)CC3)cc1. The smallest absolute Gasteiger partial charge is 0.337 e. The first kappa shape index (κ1) is 26.9. The van der Waals surface area contributed by atoms with Crippen LogP contribution in [-0.4, -0.2) is 47.0 Å². The largest absolute Gasteiger partial charge is 0.465 e. The van der Waals surface area contributed by atoms with Crippen LogP contribution >= 0.6 is 0 Å². The van der Waals surface area contributed by atoms with Crippen LogP contribution in [0.25, 0.3) is 0 Å². The second-order valence-corrected chi connectivity index (χ2v) is 11.1. The minimum absolute atomic E-state index is 0.0294. The maximum atomic E-state index is 14.1. The molecule has 8 heteroatoms. The highest BCUT2D eigenvalue weighted by atomic mass is 19.1. The summed E-state index contributed by atoms with van der Waals surface area (Å²) >= 11 is 0. The van der Waals surface area contributed by atoms with Gasteiger partial charge in [-0.15, -0.1) is 0 Å². The Labute approximate surface area is 216 Å². The van der Waals surface area contributed by atoms with Gasteiger partial charge in [0.25, 0.3) is 5.91 Å². The molecular weight excluding hydrogens is 478 g/mol. The molecular formula is C29H34F2N2O4. The fourth-order valence-corrected chi connectivity index (χ4v) is 5.75. The van der Waals surface area contributed by atoms with Crippen LogP contribution in [0.3, 0.4) is 0 Å². The molecule has 2 aliphatic rings. The maximum Gasteiger partial charge on any atom is 0.337 e. The van der Waals surface area contributed by atoms with E-state index in [1.54, 1.807) is 29.2 Å². The quantitative estimate of drug-likeness (QED) is 0.523. The first-order valence-corrected chi connectivity index (χ1v) is 12.7. The van der Waals surface area contributed by atoms with Crippen molar-refractivity contribution in [3.05, 3.63) is 70.8 Å². The molecule has 1 amide bonds. The van der Waals surface area contributed by atoms with Gasteiger partial charge in [0.05, 0.1) is 18.7 Å². The Morgan fingerprint density at radius 2 is 1.73 bits per heavy atom. The van der Waals surface area contributed by atoms with Crippen molar-refractivity contribution >= 4 is 17.6 Å². The third-order valence-electron chi connectivity index (χ3n) is 7.77. The van der Waals surface area contributed by atoms with Crippen LogP contribution in [0.1, 0.15) is 80.4 Å². The third-order valence-corrected chi connectivity index (χ3v) is 7.77. The molecule has 2 aromatic carbocycles. The van der Waals surface area contributed by atoms with E-state index in [-0.39, 0.29) is 29.7 Å². The number of carbonyl (C=O) groups is 2. The zero-order chi connectivity index (χ0) is 27.0. The van der Waals surface area contributed by atoms with E-state index in [0.29, 0.717) is 24.3 Å². The number of amides is 1. The van der Waals surface area contributed by atoms with E-state index in [0.717, 1.165) is 36.6 Å². The number of benzene rings is 2. The Morgan fingerprint density at radius 3 is 2.24 bits per heavy atom. The third kappa shape index (κ3) is 5.30. The highest BCUT2D eigenvalue weighted by Crippen LogP contribution is 2.49. The zero-order valence-corrected chi connectivity index (χ0v) is 21.8. The molecule has 1 aliphatic heterocycles. The highest BCUT2D eigenvalue weighted by molar-refractivity contribution is 6.46. The summed E-state index contributed by atoms with van der Waals surface area (Å²) in [4.78, 5) is 32.5. The average Bonchev–Trinajstić information content (AvgIpc) is 3.12. The predicted octanol–water partition coefficient (Wildman–Crippen LogP) is 5.44. The number of ether oxygens (including phenoxy) is 1. The molecule has 2 aromatic rings. The monoisotopic (exact) mass is 512 g/mol. The fraction of sp³-hybridized carbons (Fsp3) is 0.483. The normalized spacial score (nSPS) is 22.8. The average molecular weight is 513 g/mol. The lowest BCUT2D eigenvalue weighted by Gasteiger charge is -2.47. The molecule has 1 aliphatic carbocycles. The van der Waals surface area contributed by atoms with Crippen LogP contribution in [0.4, 0.5) is 8.78 Å². The molecule has 0 bridgehead atoms. The van der Waals surface area contributed by atoms with Gasteiger partial charge in [0.2, 0.25) is 0 Å². The Balaban J connectivity index is 1.78. The maximum absolute atomic E-state index is 14.1. The number of nitrogens with zero attached hydrogens (tertiary/aromatic N) is 2. The van der Waals surface area contributed by atoms with Crippen molar-refractivity contribution in [2.24, 2.45) is 16.3 Å². The van der Waals surface area contributed by atoms with Gasteiger partial charge < -0.3 is 14.7 Å². The number of esters is 1. The van der Waals surface area contributed by atoms with Crippen LogP contribution < -0.4 is 0 Å². The van der Waals surface area contributed by atoms with E-state index in [1.165, 1.54) is 7.11 Å². The van der Waals surface area contributed by atoms with E-state index >= 15 is 0 Å². The molecule has 0 saturated heterocycles. The topological polar surface area (TPSA) is 79.2 Å². The number of halogens is 2. The van der Waals surface area contributed by atoms with E-state index in [1.807, 2.05) is 0 Å². The minimum atomic E-state index is -0.891. The molecule has 6 nitrogen and oxygen atoms in total. The van der Waals surface area contributed by atoms with Crippen molar-refractivity contribution in [3.8, 4) is 0 Å². The van der Waals surface area contributed by atoms with Crippen LogP contribution in [0.2, 0.25) is 0 Å². The molecule has 1 atom stereocenters. The number of methoxy groups -OCH3 is 1. The van der Waals surface area contributed by atoms with Gasteiger partial charge in [0.15, 0.2) is 0 Å². The second-order valence-electron chi connectivity index (χ2n) is 11.1. The van der Waals surface area contributed by atoms with E-state index in [2.05, 4.69) is 20.8 Å². The summed E-state index contributed by atoms with van der Waals surface area (Å²) in [6.07, 6.45) is 3.13. The van der Waals surface area contributed by atoms with Gasteiger partial charge in [-0.1, -0.05) is 32.9 Å². The standard InChI is InChI=1S/C29H34F2N2O4/c1-28(2,3)21-9-12-29(13-10-21)32-25(20-15-22(30)17-23(31)16-20)26(35)33(29)24(11-14-34)18-5-7-19(8-6-18)27(36)37-4/h5-8,15-17,21,24,34H,9-14H2,1-4H3/t21?,24-,29?/m1/s1. The molecule has 4 rings (SSSR count). The van der Waals surface area contributed by atoms with Crippen LogP contribution in [0.15, 0.2) is 47.5 Å². The van der Waals surface area contributed by atoms with Gasteiger partial charge in [0.1, 0.15) is 23.0 Å². The number of rotatable bonds is 6. The molecule has 1 fully saturated rings. The molecule has 1 heterocycles. The molecule has 37 heavy (non-hydrogen) atoms. The molecule has 0 radical (unpaired) electrons. The van der Waals surface area contributed by atoms with Crippen molar-refractivity contribution in [3.63, 3.8) is 0 Å². The number of hydrogen-bond acceptors (Lipinski definition) is 5. The molecule has 1 spiro atoms. The summed E-state index contributed by atoms with van der Waals surface area (Å²) in [5, 5.41) is 9.97. The van der Waals surface area contributed by atoms with Crippen LogP contribution in [-0.2, 0) is 9.53 Å². The summed E-state index contributed by atoms with van der Waals surface area (Å²) in [6, 6.07) is 9.21. The number of aliphatic imine (C=N–C) groups is 1. The van der Waals surface area contributed by atoms with E-state index in [4.69, 9.17) is 9.73 Å². The number of carbonyl (C=O) groups excluding carboxylic acids is 2. The van der Waals surface area contributed by atoms with E-state index < -0.39 is 35.2 Å². The molecule has 1 N–H and O–H groups in total. The van der Waals surface area contributed by atoms with Gasteiger partial charge in [-0.2, -0.15) is 0 Å². The Bertz CT molecular complexity index is 1180. The van der Waals surface area contributed by atoms with Crippen molar-refractivity contribution in [1.82, 2.24) is 4.90 Å². The van der Waals surface area contributed by atoms with Crippen molar-refractivity contribution < 1.29 is 28.2 Å². The number of aliphatic hydroxyl groups excluding tert-OH is 1. The Morgan fingerprint density at radius 1 is 1.14 bits per heavy atom. The van der Waals surface area contributed by atoms with Gasteiger partial charge in [-0.25, -0.2) is 13.6 Å². The Kier molecular flexibility index (Phi) is 7.51. The van der Waals surface area contributed by atoms with Crippen molar-refractivity contribution in [1.29, 1.82) is 0 Å². The summed E-state index contributed by atoms with van der Waals surface area (Å²) in [7, 11) is 1.31. The molecule has 0 aromatic heterocycles. The summed E-state index contributed by atoms with van der Waals surface area (Å²) in [5.74, 6) is -2.01. The van der Waals surface area contributed by atoms with Gasteiger partial charge in [-0.05, 0) is 73.3 Å². The fourth-order valence-electron chi connectivity index (χ4n) is 5.75. The zero-order valence-electron chi connectivity index (χ0n) is 21.8. The van der Waals surface area contributed by atoms with Crippen LogP contribution in [0, 0.1) is 23.0 Å². The predicted molar refractivity (Wildman–Crippen MR) is 136 cm³/mol. The first-order chi connectivity index (χ1) is 17.5. The molecule has 1 saturated carbocycles. The summed E-state index contributed by atoms with van der Waals surface area (Å²) < 4.78 is 33.0. The van der Waals surface area contributed by atoms with E-state index in [9.17, 15) is 23.5 Å². The van der Waals surface area contributed by atoms with Crippen molar-refractivity contribution in [2.75, 3.05) is 13.7 Å². The minimum Gasteiger partial charge on any atom is -0.465 e. The van der Waals surface area contributed by atoms with Gasteiger partial charge in [0, 0.05) is 18.2 Å². The number of hydrogen-bond donors (Lipinski definition) is 1. The lowest BCUT2D eigenvalue weighted by molar-refractivity contribution is -0.134. The van der Waals surface area contributed by atoms with Crippen LogP contribution in [0.5, 0.6) is 0 Å². The van der Waals surface area contributed by atoms with Gasteiger partial charge >= 0.3 is 5.97 Å². The second kappa shape index (κ2) is 10.3. The number of aliphatic hydroxyl groups is 1. The summed E-state index contributed by atoms with van der Waals surface area (Å²) in [5.41, 5.74) is 0.440. The Hall–Kier alpha value is -3.13. The highest BCUT2D eigenvalue weighted by Gasteiger charge is 2.52. The first-order valence-electron chi connectivity index (χ1n) is 12.7. The summed E-state index contributed by atoms with van der Waals surface area (Å²) in [6.45, 7) is 6.43. The van der Waals surface area contributed by atoms with Crippen molar-refractivity contribution in [2.45, 2.75) is 64.6 Å². The lowest BCUT2D eigenvalue weighted by atomic mass is 9.69. The molecule has 198 valence electrons. The molecule has 0 unspecified atom stereocenters.